The van der Waals surface area contributed by atoms with E-state index in [2.05, 4.69) is 10.6 Å². The van der Waals surface area contributed by atoms with Gasteiger partial charge in [-0.2, -0.15) is 4.31 Å². The van der Waals surface area contributed by atoms with Crippen LogP contribution in [-0.4, -0.2) is 76.8 Å². The SMILES string of the molecule is COc1cccc(S(=O)(=O)N2CCCC(NC(=O)[C@H](CC(C)C)NC(=O)c3cc4cc(OC)c(OC)cc4o3)C(=O)C2)c1. The molecular weight excluding hydrogens is 578 g/mol. The Hall–Kier alpha value is -4.10. The molecule has 3 aromatic rings. The van der Waals surface area contributed by atoms with Crippen molar-refractivity contribution in [1.82, 2.24) is 14.9 Å². The number of methoxy groups -OCH3 is 3. The van der Waals surface area contributed by atoms with Gasteiger partial charge in [-0.15, -0.1) is 0 Å². The van der Waals surface area contributed by atoms with E-state index in [0.717, 1.165) is 4.31 Å². The van der Waals surface area contributed by atoms with Crippen LogP contribution in [0, 0.1) is 5.92 Å². The highest BCUT2D eigenvalue weighted by molar-refractivity contribution is 7.89. The Morgan fingerprint density at radius 2 is 1.77 bits per heavy atom. The second-order valence-electron chi connectivity index (χ2n) is 10.7. The number of carbonyl (C=O) groups excluding carboxylic acids is 3. The second kappa shape index (κ2) is 13.5. The molecule has 0 radical (unpaired) electrons. The molecule has 4 rings (SSSR count). The zero-order chi connectivity index (χ0) is 31.3. The Morgan fingerprint density at radius 3 is 2.44 bits per heavy atom. The van der Waals surface area contributed by atoms with E-state index in [-0.39, 0.29) is 29.5 Å². The lowest BCUT2D eigenvalue weighted by Gasteiger charge is -2.23. The van der Waals surface area contributed by atoms with Gasteiger partial charge in [-0.05, 0) is 49.4 Å². The number of sulfonamides is 1. The fourth-order valence-electron chi connectivity index (χ4n) is 4.95. The van der Waals surface area contributed by atoms with Crippen molar-refractivity contribution in [1.29, 1.82) is 0 Å². The summed E-state index contributed by atoms with van der Waals surface area (Å²) in [5.74, 6) is -0.245. The van der Waals surface area contributed by atoms with Crippen LogP contribution in [-0.2, 0) is 19.6 Å². The van der Waals surface area contributed by atoms with E-state index in [1.165, 1.54) is 33.5 Å². The molecule has 13 heteroatoms. The molecule has 1 aromatic heterocycles. The fourth-order valence-corrected chi connectivity index (χ4v) is 6.43. The maximum atomic E-state index is 13.4. The standard InChI is InChI=1S/C30H37N3O9S/c1-18(2)12-23(32-30(36)28-14-19-13-26(40-4)27(41-5)16-25(19)42-28)29(35)31-22-10-7-11-33(17-24(22)34)43(37,38)21-9-6-8-20(15-21)39-3/h6,8-9,13-16,18,22-23H,7,10-12,17H2,1-5H3,(H,31,35)(H,32,36)/t22?,23-/m0/s1. The highest BCUT2D eigenvalue weighted by atomic mass is 32.2. The van der Waals surface area contributed by atoms with Crippen molar-refractivity contribution < 1.29 is 41.4 Å². The van der Waals surface area contributed by atoms with Crippen LogP contribution >= 0.6 is 0 Å². The number of rotatable bonds is 11. The number of hydrogen-bond donors (Lipinski definition) is 2. The first-order valence-electron chi connectivity index (χ1n) is 13.9. The minimum atomic E-state index is -3.97. The Labute approximate surface area is 250 Å². The topological polar surface area (TPSA) is 153 Å². The summed E-state index contributed by atoms with van der Waals surface area (Å²) in [7, 11) is 0.469. The summed E-state index contributed by atoms with van der Waals surface area (Å²) in [6, 6.07) is 9.01. The number of fused-ring (bicyclic) bond motifs is 1. The van der Waals surface area contributed by atoms with E-state index in [0.29, 0.717) is 41.1 Å². The lowest BCUT2D eigenvalue weighted by atomic mass is 10.0. The predicted molar refractivity (Wildman–Crippen MR) is 158 cm³/mol. The summed E-state index contributed by atoms with van der Waals surface area (Å²) in [5, 5.41) is 6.10. The number of hydrogen-bond acceptors (Lipinski definition) is 9. The van der Waals surface area contributed by atoms with E-state index < -0.39 is 46.2 Å². The number of nitrogens with zero attached hydrogens (tertiary/aromatic N) is 1. The number of ketones is 1. The molecule has 2 amide bonds. The minimum absolute atomic E-state index is 0.00389. The van der Waals surface area contributed by atoms with Gasteiger partial charge in [0, 0.05) is 24.1 Å². The van der Waals surface area contributed by atoms with Crippen molar-refractivity contribution in [2.75, 3.05) is 34.4 Å². The Kier molecular flexibility index (Phi) is 9.97. The van der Waals surface area contributed by atoms with Crippen LogP contribution in [0.15, 0.2) is 51.8 Å². The zero-order valence-electron chi connectivity index (χ0n) is 24.8. The van der Waals surface area contributed by atoms with Gasteiger partial charge in [0.25, 0.3) is 5.91 Å². The van der Waals surface area contributed by atoms with Crippen molar-refractivity contribution in [3.05, 3.63) is 48.2 Å². The first-order valence-corrected chi connectivity index (χ1v) is 15.3. The molecule has 2 heterocycles. The number of Topliss-reactive ketones (excluding diaryl/α,β-unsaturated/α-hetero) is 1. The van der Waals surface area contributed by atoms with Gasteiger partial charge in [0.05, 0.1) is 38.8 Å². The van der Waals surface area contributed by atoms with Crippen LogP contribution in [0.25, 0.3) is 11.0 Å². The molecule has 12 nitrogen and oxygen atoms in total. The summed E-state index contributed by atoms with van der Waals surface area (Å²) in [5.41, 5.74) is 0.408. The maximum absolute atomic E-state index is 13.4. The van der Waals surface area contributed by atoms with E-state index >= 15 is 0 Å². The van der Waals surface area contributed by atoms with Crippen molar-refractivity contribution in [3.8, 4) is 17.2 Å². The quantitative estimate of drug-likeness (QED) is 0.331. The van der Waals surface area contributed by atoms with Crippen LogP contribution in [0.4, 0.5) is 0 Å². The highest BCUT2D eigenvalue weighted by Crippen LogP contribution is 2.33. The van der Waals surface area contributed by atoms with E-state index in [4.69, 9.17) is 18.6 Å². The van der Waals surface area contributed by atoms with Gasteiger partial charge >= 0.3 is 0 Å². The summed E-state index contributed by atoms with van der Waals surface area (Å²) >= 11 is 0. The summed E-state index contributed by atoms with van der Waals surface area (Å²) in [4.78, 5) is 39.8. The molecule has 2 N–H and O–H groups in total. The fraction of sp³-hybridized carbons (Fsp3) is 0.433. The van der Waals surface area contributed by atoms with Crippen LogP contribution in [0.1, 0.15) is 43.7 Å². The second-order valence-corrected chi connectivity index (χ2v) is 12.6. The monoisotopic (exact) mass is 615 g/mol. The molecular formula is C30H37N3O9S. The average molecular weight is 616 g/mol. The van der Waals surface area contributed by atoms with Crippen LogP contribution in [0.2, 0.25) is 0 Å². The van der Waals surface area contributed by atoms with E-state index in [1.54, 1.807) is 30.3 Å². The summed E-state index contributed by atoms with van der Waals surface area (Å²) < 4.78 is 49.1. The molecule has 43 heavy (non-hydrogen) atoms. The molecule has 1 aliphatic heterocycles. The van der Waals surface area contributed by atoms with Crippen molar-refractivity contribution in [2.45, 2.75) is 50.1 Å². The predicted octanol–water partition coefficient (Wildman–Crippen LogP) is 3.14. The number of ether oxygens (including phenoxy) is 3. The Morgan fingerprint density at radius 1 is 1.05 bits per heavy atom. The molecule has 0 saturated carbocycles. The average Bonchev–Trinajstić information content (AvgIpc) is 3.32. The van der Waals surface area contributed by atoms with Gasteiger partial charge in [0.15, 0.2) is 23.0 Å². The van der Waals surface area contributed by atoms with Gasteiger partial charge in [0.1, 0.15) is 17.4 Å². The highest BCUT2D eigenvalue weighted by Gasteiger charge is 2.34. The molecule has 0 aliphatic carbocycles. The number of amides is 2. The molecule has 1 unspecified atom stereocenters. The third-order valence-electron chi connectivity index (χ3n) is 7.19. The van der Waals surface area contributed by atoms with Crippen LogP contribution < -0.4 is 24.8 Å². The number of furan rings is 1. The van der Waals surface area contributed by atoms with Gasteiger partial charge < -0.3 is 29.3 Å². The van der Waals surface area contributed by atoms with Gasteiger partial charge in [-0.3, -0.25) is 14.4 Å². The van der Waals surface area contributed by atoms with Crippen LogP contribution in [0.3, 0.4) is 0 Å². The molecule has 0 bridgehead atoms. The largest absolute Gasteiger partial charge is 0.497 e. The van der Waals surface area contributed by atoms with Gasteiger partial charge in [-0.25, -0.2) is 8.42 Å². The molecule has 1 aliphatic rings. The molecule has 232 valence electrons. The normalized spacial score (nSPS) is 16.9. The molecule has 1 saturated heterocycles. The molecule has 0 spiro atoms. The minimum Gasteiger partial charge on any atom is -0.497 e. The summed E-state index contributed by atoms with van der Waals surface area (Å²) in [6.07, 6.45) is 0.911. The first-order chi connectivity index (χ1) is 20.5. The van der Waals surface area contributed by atoms with Gasteiger partial charge in [-0.1, -0.05) is 19.9 Å². The van der Waals surface area contributed by atoms with Gasteiger partial charge in [0.2, 0.25) is 15.9 Å². The zero-order valence-corrected chi connectivity index (χ0v) is 25.7. The van der Waals surface area contributed by atoms with E-state index in [1.807, 2.05) is 13.8 Å². The number of benzene rings is 2. The first kappa shape index (κ1) is 31.8. The molecule has 2 aromatic carbocycles. The summed E-state index contributed by atoms with van der Waals surface area (Å²) in [6.45, 7) is 3.54. The number of nitrogens with one attached hydrogen (secondary N) is 2. The third kappa shape index (κ3) is 7.28. The lowest BCUT2D eigenvalue weighted by Crippen LogP contribution is -2.52. The number of carbonyl (C=O) groups is 3. The molecule has 1 fully saturated rings. The van der Waals surface area contributed by atoms with Crippen LogP contribution in [0.5, 0.6) is 17.2 Å². The van der Waals surface area contributed by atoms with Crippen molar-refractivity contribution >= 4 is 38.6 Å². The Bertz CT molecular complexity index is 1560. The van der Waals surface area contributed by atoms with Crippen molar-refractivity contribution in [2.24, 2.45) is 5.92 Å². The maximum Gasteiger partial charge on any atom is 0.287 e. The third-order valence-corrected chi connectivity index (χ3v) is 9.03. The van der Waals surface area contributed by atoms with E-state index in [9.17, 15) is 22.8 Å². The molecule has 2 atom stereocenters. The lowest BCUT2D eigenvalue weighted by molar-refractivity contribution is -0.129. The van der Waals surface area contributed by atoms with Crippen molar-refractivity contribution in [3.63, 3.8) is 0 Å². The Balaban J connectivity index is 1.46. The smallest absolute Gasteiger partial charge is 0.287 e.